The summed E-state index contributed by atoms with van der Waals surface area (Å²) in [4.78, 5) is 20.7. The number of aromatic nitrogens is 1. The minimum atomic E-state index is -3.69. The highest BCUT2D eigenvalue weighted by Crippen LogP contribution is 2.25. The van der Waals surface area contributed by atoms with Gasteiger partial charge in [-0.25, -0.2) is 12.7 Å². The van der Waals surface area contributed by atoms with Crippen molar-refractivity contribution >= 4 is 21.6 Å². The average molecular weight is 491 g/mol. The van der Waals surface area contributed by atoms with Gasteiger partial charge >= 0.3 is 0 Å². The molecule has 9 heteroatoms. The topological polar surface area (TPSA) is 94.0 Å². The van der Waals surface area contributed by atoms with E-state index in [1.165, 1.54) is 24.9 Å². The van der Waals surface area contributed by atoms with Crippen molar-refractivity contribution in [2.45, 2.75) is 39.5 Å². The molecule has 1 amide bonds. The first-order valence-corrected chi connectivity index (χ1v) is 13.2. The Morgan fingerprint density at radius 2 is 1.85 bits per heavy atom. The summed E-state index contributed by atoms with van der Waals surface area (Å²) in [6.07, 6.45) is 11.4. The minimum Gasteiger partial charge on any atom is -0.508 e. The minimum absolute atomic E-state index is 0.0195. The molecule has 1 aliphatic rings. The second kappa shape index (κ2) is 13.3. The lowest BCUT2D eigenvalue weighted by atomic mass is 9.93. The van der Waals surface area contributed by atoms with Gasteiger partial charge in [-0.05, 0) is 68.9 Å². The molecular formula is C25H38N4O4S. The van der Waals surface area contributed by atoms with Gasteiger partial charge in [-0.3, -0.25) is 9.78 Å². The van der Waals surface area contributed by atoms with Crippen molar-refractivity contribution in [2.24, 2.45) is 5.92 Å². The number of anilines is 1. The SMILES string of the molecule is C/C=C/C(O)=C\C(C)=C\S(=O)(=O)N(C)CCC(=O)N(C)CCC1CCN(c2ccncc2)CC1. The average Bonchev–Trinajstić information content (AvgIpc) is 2.81. The number of sulfonamides is 1. The molecule has 2 rings (SSSR count). The number of carbonyl (C=O) groups is 1. The third kappa shape index (κ3) is 8.95. The number of carbonyl (C=O) groups excluding carboxylic acids is 1. The third-order valence-corrected chi connectivity index (χ3v) is 7.78. The normalized spacial score (nSPS) is 16.4. The van der Waals surface area contributed by atoms with Crippen LogP contribution in [0.2, 0.25) is 0 Å². The van der Waals surface area contributed by atoms with Crippen LogP contribution in [-0.2, 0) is 14.8 Å². The maximum Gasteiger partial charge on any atom is 0.236 e. The van der Waals surface area contributed by atoms with Crippen LogP contribution >= 0.6 is 0 Å². The van der Waals surface area contributed by atoms with E-state index in [0.717, 1.165) is 42.1 Å². The van der Waals surface area contributed by atoms with E-state index in [2.05, 4.69) is 9.88 Å². The second-order valence-electron chi connectivity index (χ2n) is 8.79. The van der Waals surface area contributed by atoms with Crippen LogP contribution in [0.25, 0.3) is 0 Å². The van der Waals surface area contributed by atoms with Gasteiger partial charge < -0.3 is 14.9 Å². The smallest absolute Gasteiger partial charge is 0.236 e. The Kier molecular flexibility index (Phi) is 10.8. The summed E-state index contributed by atoms with van der Waals surface area (Å²) in [5.74, 6) is 0.494. The molecule has 1 N–H and O–H groups in total. The molecule has 2 heterocycles. The summed E-state index contributed by atoms with van der Waals surface area (Å²) >= 11 is 0. The molecule has 1 fully saturated rings. The maximum atomic E-state index is 12.5. The van der Waals surface area contributed by atoms with Crippen LogP contribution in [0.4, 0.5) is 5.69 Å². The summed E-state index contributed by atoms with van der Waals surface area (Å²) in [7, 11) is -0.450. The Morgan fingerprint density at radius 1 is 1.21 bits per heavy atom. The number of hydrogen-bond acceptors (Lipinski definition) is 6. The predicted octanol–water partition coefficient (Wildman–Crippen LogP) is 3.72. The van der Waals surface area contributed by atoms with Crippen molar-refractivity contribution in [1.29, 1.82) is 0 Å². The highest BCUT2D eigenvalue weighted by atomic mass is 32.2. The summed E-state index contributed by atoms with van der Waals surface area (Å²) in [5.41, 5.74) is 1.61. The molecule has 0 saturated carbocycles. The zero-order valence-electron chi connectivity index (χ0n) is 20.7. The number of rotatable bonds is 11. The monoisotopic (exact) mass is 490 g/mol. The molecule has 1 aromatic rings. The molecule has 8 nitrogen and oxygen atoms in total. The van der Waals surface area contributed by atoms with Gasteiger partial charge in [0.15, 0.2) is 0 Å². The highest BCUT2D eigenvalue weighted by Gasteiger charge is 2.21. The maximum absolute atomic E-state index is 12.5. The van der Waals surface area contributed by atoms with E-state index >= 15 is 0 Å². The Labute approximate surface area is 204 Å². The van der Waals surface area contributed by atoms with Gasteiger partial charge in [0, 0.05) is 70.2 Å². The molecule has 1 saturated heterocycles. The number of pyridine rings is 1. The molecule has 188 valence electrons. The van der Waals surface area contributed by atoms with E-state index in [-0.39, 0.29) is 24.6 Å². The molecule has 0 spiro atoms. The fourth-order valence-electron chi connectivity index (χ4n) is 3.92. The number of piperidine rings is 1. The Morgan fingerprint density at radius 3 is 2.47 bits per heavy atom. The van der Waals surface area contributed by atoms with Gasteiger partial charge in [0.05, 0.1) is 0 Å². The number of aliphatic hydroxyl groups is 1. The zero-order chi connectivity index (χ0) is 25.1. The quantitative estimate of drug-likeness (QED) is 0.375. The number of amides is 1. The second-order valence-corrected chi connectivity index (χ2v) is 10.7. The van der Waals surface area contributed by atoms with E-state index in [9.17, 15) is 18.3 Å². The molecule has 0 unspecified atom stereocenters. The number of nitrogens with zero attached hydrogens (tertiary/aromatic N) is 4. The van der Waals surface area contributed by atoms with Crippen molar-refractivity contribution < 1.29 is 18.3 Å². The first kappa shape index (κ1) is 27.6. The fraction of sp³-hybridized carbons (Fsp3) is 0.520. The summed E-state index contributed by atoms with van der Waals surface area (Å²) in [6.45, 7) is 6.14. The number of hydrogen-bond donors (Lipinski definition) is 1. The van der Waals surface area contributed by atoms with Crippen molar-refractivity contribution in [3.05, 3.63) is 59.5 Å². The van der Waals surface area contributed by atoms with E-state index in [1.54, 1.807) is 31.9 Å². The van der Waals surface area contributed by atoms with Crippen LogP contribution in [0.15, 0.2) is 59.5 Å². The van der Waals surface area contributed by atoms with Crippen LogP contribution in [0.1, 0.15) is 39.5 Å². The lowest BCUT2D eigenvalue weighted by Gasteiger charge is -2.34. The number of aliphatic hydroxyl groups excluding tert-OH is 1. The first-order valence-electron chi connectivity index (χ1n) is 11.7. The van der Waals surface area contributed by atoms with Crippen molar-refractivity contribution in [3.63, 3.8) is 0 Å². The molecule has 1 aromatic heterocycles. The van der Waals surface area contributed by atoms with Crippen LogP contribution in [0, 0.1) is 5.92 Å². The lowest BCUT2D eigenvalue weighted by molar-refractivity contribution is -0.130. The Hall–Kier alpha value is -2.65. The van der Waals surface area contributed by atoms with Crippen LogP contribution in [0.5, 0.6) is 0 Å². The largest absolute Gasteiger partial charge is 0.508 e. The van der Waals surface area contributed by atoms with Crippen LogP contribution < -0.4 is 4.90 Å². The molecule has 0 radical (unpaired) electrons. The molecular weight excluding hydrogens is 452 g/mol. The zero-order valence-corrected chi connectivity index (χ0v) is 21.5. The first-order chi connectivity index (χ1) is 16.1. The summed E-state index contributed by atoms with van der Waals surface area (Å²) < 4.78 is 26.2. The van der Waals surface area contributed by atoms with Crippen LogP contribution in [-0.4, -0.2) is 73.9 Å². The summed E-state index contributed by atoms with van der Waals surface area (Å²) in [6, 6.07) is 4.07. The molecule has 0 aromatic carbocycles. The molecule has 0 atom stereocenters. The van der Waals surface area contributed by atoms with Gasteiger partial charge in [-0.2, -0.15) is 0 Å². The van der Waals surface area contributed by atoms with Gasteiger partial charge in [0.25, 0.3) is 0 Å². The van der Waals surface area contributed by atoms with Crippen molar-refractivity contribution in [3.8, 4) is 0 Å². The van der Waals surface area contributed by atoms with Crippen molar-refractivity contribution in [1.82, 2.24) is 14.2 Å². The highest BCUT2D eigenvalue weighted by molar-refractivity contribution is 7.92. The van der Waals surface area contributed by atoms with Gasteiger partial charge in [0.2, 0.25) is 15.9 Å². The fourth-order valence-corrected chi connectivity index (χ4v) is 4.98. The van der Waals surface area contributed by atoms with E-state index in [1.807, 2.05) is 24.5 Å². The Balaban J connectivity index is 1.75. The van der Waals surface area contributed by atoms with E-state index in [0.29, 0.717) is 18.0 Å². The predicted molar refractivity (Wildman–Crippen MR) is 137 cm³/mol. The molecule has 0 bridgehead atoms. The standard InChI is InChI=1S/C25H38N4O4S/c1-5-6-24(30)19-21(2)20-34(32,33)28(4)16-12-25(31)27(3)15-9-22-10-17-29(18-11-22)23-7-13-26-14-8-23/h5-8,13-14,19-20,22,30H,9-12,15-18H2,1-4H3/b6-5+,21-20+,24-19+. The Bertz CT molecular complexity index is 981. The van der Waals surface area contributed by atoms with Gasteiger partial charge in [-0.1, -0.05) is 6.08 Å². The number of allylic oxidation sites excluding steroid dienone is 4. The van der Waals surface area contributed by atoms with E-state index < -0.39 is 10.0 Å². The van der Waals surface area contributed by atoms with E-state index in [4.69, 9.17) is 0 Å². The summed E-state index contributed by atoms with van der Waals surface area (Å²) in [5, 5.41) is 10.8. The van der Waals surface area contributed by atoms with Gasteiger partial charge in [-0.15, -0.1) is 0 Å². The van der Waals surface area contributed by atoms with Crippen molar-refractivity contribution in [2.75, 3.05) is 45.2 Å². The molecule has 0 aliphatic carbocycles. The third-order valence-electron chi connectivity index (χ3n) is 6.06. The lowest BCUT2D eigenvalue weighted by Crippen LogP contribution is -2.36. The van der Waals surface area contributed by atoms with Gasteiger partial charge in [0.1, 0.15) is 5.76 Å². The molecule has 1 aliphatic heterocycles. The van der Waals surface area contributed by atoms with Crippen LogP contribution in [0.3, 0.4) is 0 Å². The molecule has 34 heavy (non-hydrogen) atoms.